The van der Waals surface area contributed by atoms with Crippen molar-refractivity contribution in [3.05, 3.63) is 83.9 Å². The van der Waals surface area contributed by atoms with Gasteiger partial charge in [-0.25, -0.2) is 13.1 Å². The maximum Gasteiger partial charge on any atom is 0.249 e. The number of carbonyl (C=O) groups is 2. The van der Waals surface area contributed by atoms with E-state index in [1.165, 1.54) is 0 Å². The van der Waals surface area contributed by atoms with E-state index in [0.29, 0.717) is 18.4 Å². The molecule has 4 rings (SSSR count). The zero-order chi connectivity index (χ0) is 31.9. The molecule has 0 saturated heterocycles. The van der Waals surface area contributed by atoms with Crippen LogP contribution in [0.25, 0.3) is 11.1 Å². The van der Waals surface area contributed by atoms with Gasteiger partial charge in [-0.1, -0.05) is 67.6 Å². The fourth-order valence-corrected chi connectivity index (χ4v) is 6.63. The fourth-order valence-electron chi connectivity index (χ4n) is 5.36. The third kappa shape index (κ3) is 8.30. The van der Waals surface area contributed by atoms with Crippen LogP contribution in [0.15, 0.2) is 77.7 Å². The molecule has 11 heteroatoms. The number of rotatable bonds is 13. The second kappa shape index (κ2) is 14.4. The lowest BCUT2D eigenvalue weighted by molar-refractivity contribution is -0.128. The summed E-state index contributed by atoms with van der Waals surface area (Å²) < 4.78 is 28.1. The highest BCUT2D eigenvalue weighted by molar-refractivity contribution is 7.89. The largest absolute Gasteiger partial charge is 0.394 e. The SMILES string of the molecule is CCNS(=O)(=O)c1ccccc1-c1ccc(CN2C(=O)[C@H](NC(=O)CC(C)(C)NC[C@H](O)CO)CCc3ccccc32)cc1. The normalized spacial score (nSPS) is 16.2. The summed E-state index contributed by atoms with van der Waals surface area (Å²) in [5.74, 6) is -0.503. The smallest absolute Gasteiger partial charge is 0.249 e. The minimum Gasteiger partial charge on any atom is -0.394 e. The molecular formula is C33H42N4O6S. The number of β-amino-alcohol motifs (C(OH)–C–C–N with tert-alkyl or cyclic N) is 1. The van der Waals surface area contributed by atoms with Gasteiger partial charge in [0.2, 0.25) is 21.8 Å². The highest BCUT2D eigenvalue weighted by Gasteiger charge is 2.33. The van der Waals surface area contributed by atoms with Gasteiger partial charge in [0.05, 0.1) is 24.2 Å². The van der Waals surface area contributed by atoms with E-state index in [1.807, 2.05) is 62.4 Å². The second-order valence-corrected chi connectivity index (χ2v) is 13.4. The zero-order valence-corrected chi connectivity index (χ0v) is 26.2. The van der Waals surface area contributed by atoms with Crippen molar-refractivity contribution in [1.82, 2.24) is 15.4 Å². The predicted octanol–water partition coefficient (Wildman–Crippen LogP) is 2.73. The van der Waals surface area contributed by atoms with Gasteiger partial charge in [0.1, 0.15) is 6.04 Å². The Hall–Kier alpha value is -3.61. The average molecular weight is 623 g/mol. The topological polar surface area (TPSA) is 148 Å². The molecule has 3 aromatic rings. The number of aliphatic hydroxyl groups is 2. The van der Waals surface area contributed by atoms with Crippen LogP contribution < -0.4 is 20.3 Å². The van der Waals surface area contributed by atoms with Gasteiger partial charge >= 0.3 is 0 Å². The maximum atomic E-state index is 13.9. The van der Waals surface area contributed by atoms with Gasteiger partial charge in [-0.2, -0.15) is 0 Å². The summed E-state index contributed by atoms with van der Waals surface area (Å²) in [7, 11) is -3.67. The molecule has 0 bridgehead atoms. The van der Waals surface area contributed by atoms with Crippen molar-refractivity contribution in [1.29, 1.82) is 0 Å². The average Bonchev–Trinajstić information content (AvgIpc) is 3.12. The molecule has 0 aliphatic carbocycles. The van der Waals surface area contributed by atoms with Crippen LogP contribution in [0.5, 0.6) is 0 Å². The number of anilines is 1. The number of benzene rings is 3. The molecule has 10 nitrogen and oxygen atoms in total. The highest BCUT2D eigenvalue weighted by atomic mass is 32.2. The predicted molar refractivity (Wildman–Crippen MR) is 170 cm³/mol. The Balaban J connectivity index is 1.53. The minimum absolute atomic E-state index is 0.0777. The van der Waals surface area contributed by atoms with Crippen molar-refractivity contribution in [2.24, 2.45) is 0 Å². The van der Waals surface area contributed by atoms with E-state index in [9.17, 15) is 23.1 Å². The standard InChI is InChI=1S/C33H42N4O6S/c1-4-35-44(42,43)30-12-8-6-10-27(30)24-15-13-23(14-16-24)21-37-29-11-7-5-9-25(29)17-18-28(32(37)41)36-31(40)19-33(2,3)34-20-26(39)22-38/h5-16,26,28,34-35,38-39H,4,17-22H2,1-3H3,(H,36,40)/t26-,28+/m0/s1. The molecule has 0 radical (unpaired) electrons. The van der Waals surface area contributed by atoms with E-state index in [1.54, 1.807) is 36.1 Å². The number of fused-ring (bicyclic) bond motifs is 1. The van der Waals surface area contributed by atoms with Gasteiger partial charge in [-0.05, 0) is 55.5 Å². The third-order valence-electron chi connectivity index (χ3n) is 7.63. The first-order valence-electron chi connectivity index (χ1n) is 14.8. The van der Waals surface area contributed by atoms with Gasteiger partial charge in [-0.15, -0.1) is 0 Å². The third-order valence-corrected chi connectivity index (χ3v) is 9.23. The van der Waals surface area contributed by atoms with Crippen LogP contribution in [0, 0.1) is 0 Å². The lowest BCUT2D eigenvalue weighted by Crippen LogP contribution is -2.51. The molecule has 0 unspecified atom stereocenters. The zero-order valence-electron chi connectivity index (χ0n) is 25.4. The molecule has 3 aromatic carbocycles. The first kappa shape index (κ1) is 33.3. The van der Waals surface area contributed by atoms with Crippen molar-refractivity contribution < 1.29 is 28.2 Å². The van der Waals surface area contributed by atoms with Crippen molar-refractivity contribution in [2.75, 3.05) is 24.6 Å². The summed E-state index contributed by atoms with van der Waals surface area (Å²) in [6.07, 6.45) is 0.214. The molecule has 0 saturated carbocycles. The van der Waals surface area contributed by atoms with Gasteiger partial charge in [0.25, 0.3) is 0 Å². The minimum atomic E-state index is -3.67. The molecule has 0 spiro atoms. The molecule has 5 N–H and O–H groups in total. The first-order valence-corrected chi connectivity index (χ1v) is 16.3. The van der Waals surface area contributed by atoms with Gasteiger partial charge in [0, 0.05) is 36.3 Å². The fraction of sp³-hybridized carbons (Fsp3) is 0.394. The maximum absolute atomic E-state index is 13.9. The number of hydrogen-bond acceptors (Lipinski definition) is 7. The molecule has 1 heterocycles. The number of nitrogens with zero attached hydrogens (tertiary/aromatic N) is 1. The molecule has 236 valence electrons. The summed E-state index contributed by atoms with van der Waals surface area (Å²) in [6, 6.07) is 21.3. The van der Waals surface area contributed by atoms with Gasteiger partial charge in [-0.3, -0.25) is 9.59 Å². The van der Waals surface area contributed by atoms with Gasteiger partial charge < -0.3 is 25.7 Å². The van der Waals surface area contributed by atoms with Crippen molar-refractivity contribution in [3.8, 4) is 11.1 Å². The Labute approximate surface area is 259 Å². The van der Waals surface area contributed by atoms with E-state index < -0.39 is 27.7 Å². The summed E-state index contributed by atoms with van der Waals surface area (Å²) in [5.41, 5.74) is 3.31. The Morgan fingerprint density at radius 1 is 1.05 bits per heavy atom. The summed E-state index contributed by atoms with van der Waals surface area (Å²) in [4.78, 5) is 28.9. The first-order chi connectivity index (χ1) is 20.9. The van der Waals surface area contributed by atoms with E-state index in [2.05, 4.69) is 15.4 Å². The van der Waals surface area contributed by atoms with Crippen LogP contribution >= 0.6 is 0 Å². The van der Waals surface area contributed by atoms with E-state index >= 15 is 0 Å². The molecule has 1 aliphatic rings. The highest BCUT2D eigenvalue weighted by Crippen LogP contribution is 2.31. The Morgan fingerprint density at radius 3 is 2.43 bits per heavy atom. The molecule has 0 fully saturated rings. The van der Waals surface area contributed by atoms with Gasteiger partial charge in [0.15, 0.2) is 0 Å². The lowest BCUT2D eigenvalue weighted by Gasteiger charge is -2.29. The summed E-state index contributed by atoms with van der Waals surface area (Å²) in [5, 5.41) is 24.8. The van der Waals surface area contributed by atoms with Crippen LogP contribution in [-0.2, 0) is 32.6 Å². The number of nitrogens with one attached hydrogen (secondary N) is 3. The Bertz CT molecular complexity index is 1560. The Morgan fingerprint density at radius 2 is 1.73 bits per heavy atom. The van der Waals surface area contributed by atoms with Crippen molar-refractivity contribution in [2.45, 2.75) is 69.2 Å². The number of sulfonamides is 1. The van der Waals surface area contributed by atoms with Crippen LogP contribution in [0.2, 0.25) is 0 Å². The van der Waals surface area contributed by atoms with E-state index in [0.717, 1.165) is 22.4 Å². The molecule has 2 atom stereocenters. The van der Waals surface area contributed by atoms with E-state index in [-0.39, 0.29) is 49.4 Å². The van der Waals surface area contributed by atoms with Crippen LogP contribution in [0.4, 0.5) is 5.69 Å². The summed E-state index contributed by atoms with van der Waals surface area (Å²) in [6.45, 7) is 5.70. The molecular weight excluding hydrogens is 580 g/mol. The van der Waals surface area contributed by atoms with Crippen LogP contribution in [-0.4, -0.2) is 67.8 Å². The number of aryl methyl sites for hydroxylation is 1. The second-order valence-electron chi connectivity index (χ2n) is 11.7. The number of hydrogen-bond donors (Lipinski definition) is 5. The lowest BCUT2D eigenvalue weighted by atomic mass is 9.99. The quantitative estimate of drug-likeness (QED) is 0.197. The monoisotopic (exact) mass is 622 g/mol. The Kier molecular flexibility index (Phi) is 10.9. The number of carbonyl (C=O) groups excluding carboxylic acids is 2. The van der Waals surface area contributed by atoms with E-state index in [4.69, 9.17) is 5.11 Å². The van der Waals surface area contributed by atoms with Crippen molar-refractivity contribution >= 4 is 27.5 Å². The molecule has 1 aliphatic heterocycles. The molecule has 0 aromatic heterocycles. The summed E-state index contributed by atoms with van der Waals surface area (Å²) >= 11 is 0. The number of amides is 2. The van der Waals surface area contributed by atoms with Crippen molar-refractivity contribution in [3.63, 3.8) is 0 Å². The molecule has 2 amide bonds. The van der Waals surface area contributed by atoms with Crippen LogP contribution in [0.3, 0.4) is 0 Å². The number of para-hydroxylation sites is 1. The number of aliphatic hydroxyl groups excluding tert-OH is 2. The molecule has 44 heavy (non-hydrogen) atoms. The van der Waals surface area contributed by atoms with Crippen LogP contribution in [0.1, 0.15) is 44.7 Å².